The summed E-state index contributed by atoms with van der Waals surface area (Å²) in [4.78, 5) is 12.7. The average molecular weight is 579 g/mol. The van der Waals surface area contributed by atoms with Crippen molar-refractivity contribution in [1.29, 1.82) is 0 Å². The van der Waals surface area contributed by atoms with Crippen molar-refractivity contribution >= 4 is 21.9 Å². The molecular weight excluding hydrogens is 544 g/mol. The van der Waals surface area contributed by atoms with Crippen molar-refractivity contribution in [3.05, 3.63) is 47.0 Å². The van der Waals surface area contributed by atoms with E-state index in [1.165, 1.54) is 0 Å². The van der Waals surface area contributed by atoms with E-state index in [1.807, 2.05) is 18.2 Å². The summed E-state index contributed by atoms with van der Waals surface area (Å²) in [6, 6.07) is 9.03. The van der Waals surface area contributed by atoms with E-state index in [0.717, 1.165) is 23.7 Å². The van der Waals surface area contributed by atoms with Gasteiger partial charge in [-0.25, -0.2) is 4.79 Å². The second-order valence-electron chi connectivity index (χ2n) is 10.8. The van der Waals surface area contributed by atoms with E-state index in [-0.39, 0.29) is 79.7 Å². The number of carbonyl (C=O) groups is 1. The van der Waals surface area contributed by atoms with Crippen LogP contribution in [0.5, 0.6) is 0 Å². The third kappa shape index (κ3) is 5.29. The second kappa shape index (κ2) is 11.0. The number of esters is 1. The van der Waals surface area contributed by atoms with Crippen LogP contribution < -0.4 is 0 Å². The van der Waals surface area contributed by atoms with E-state index in [9.17, 15) is 9.90 Å². The van der Waals surface area contributed by atoms with Crippen LogP contribution in [0.15, 0.2) is 41.4 Å². The highest BCUT2D eigenvalue weighted by Gasteiger charge is 2.63. The van der Waals surface area contributed by atoms with E-state index in [4.69, 9.17) is 28.4 Å². The fraction of sp³-hybridized carbons (Fsp3) is 0.679. The topological polar surface area (TPSA) is 92.7 Å². The molecule has 1 aromatic rings. The molecule has 3 bridgehead atoms. The van der Waals surface area contributed by atoms with E-state index in [1.54, 1.807) is 12.1 Å². The van der Waals surface area contributed by atoms with E-state index < -0.39 is 0 Å². The zero-order chi connectivity index (χ0) is 25.5. The summed E-state index contributed by atoms with van der Waals surface area (Å²) < 4.78 is 39.3. The maximum Gasteiger partial charge on any atom is 0.338 e. The third-order valence-corrected chi connectivity index (χ3v) is 8.64. The molecule has 1 N–H and O–H groups in total. The molecular formula is C28H35BrO8. The van der Waals surface area contributed by atoms with Gasteiger partial charge in [-0.3, -0.25) is 0 Å². The van der Waals surface area contributed by atoms with Crippen molar-refractivity contribution in [1.82, 2.24) is 0 Å². The highest BCUT2D eigenvalue weighted by molar-refractivity contribution is 9.11. The third-order valence-electron chi connectivity index (χ3n) is 8.31. The lowest BCUT2D eigenvalue weighted by atomic mass is 9.84. The molecule has 8 nitrogen and oxygen atoms in total. The van der Waals surface area contributed by atoms with Gasteiger partial charge in [-0.1, -0.05) is 40.7 Å². The molecule has 202 valence electrons. The fourth-order valence-electron chi connectivity index (χ4n) is 6.62. The van der Waals surface area contributed by atoms with Crippen molar-refractivity contribution in [2.45, 2.75) is 112 Å². The van der Waals surface area contributed by atoms with Crippen LogP contribution in [-0.4, -0.2) is 84.8 Å². The number of aliphatic hydroxyl groups is 1. The van der Waals surface area contributed by atoms with Crippen LogP contribution in [0.2, 0.25) is 0 Å². The minimum absolute atomic E-state index is 0.0112. The van der Waals surface area contributed by atoms with E-state index in [2.05, 4.69) is 22.5 Å². The molecule has 0 radical (unpaired) electrons. The van der Waals surface area contributed by atoms with Crippen molar-refractivity contribution in [2.75, 3.05) is 6.61 Å². The van der Waals surface area contributed by atoms with Gasteiger partial charge < -0.3 is 33.5 Å². The lowest BCUT2D eigenvalue weighted by Crippen LogP contribution is -2.66. The van der Waals surface area contributed by atoms with Gasteiger partial charge in [0.1, 0.15) is 36.6 Å². The number of rotatable bonds is 9. The number of ether oxygens (including phenoxy) is 6. The first-order valence-corrected chi connectivity index (χ1v) is 14.3. The molecule has 9 unspecified atom stereocenters. The standard InChI is InChI=1S/C28H35BrO8/c1-15(29)13-18(33-28(31)16-5-3-2-4-6-16)8-9-19-21-14-22-24(34-19)26-27(37-22)25(36-21)23-20(35-26)10-7-17(32-23)11-12-30/h2-6,17-27,30H,1,7-14H2/t17?,18?,19?,20?,21?,22?,23-,24?,25?,26-,27?/m0/s1. The minimum atomic E-state index is -0.342. The Morgan fingerprint density at radius 3 is 2.41 bits per heavy atom. The SMILES string of the molecule is C=C(Br)CC(CCC1OC2C3CC1OC1C(O3)[C@H]2OC2CCC(CCO)O[C@@H]21)OC(=O)c1ccccc1. The first-order valence-electron chi connectivity index (χ1n) is 13.5. The minimum Gasteiger partial charge on any atom is -0.458 e. The van der Waals surface area contributed by atoms with Gasteiger partial charge in [-0.15, -0.1) is 0 Å². The Morgan fingerprint density at radius 1 is 0.946 bits per heavy atom. The highest BCUT2D eigenvalue weighted by Crippen LogP contribution is 2.48. The van der Waals surface area contributed by atoms with Crippen molar-refractivity contribution < 1.29 is 38.3 Å². The largest absolute Gasteiger partial charge is 0.458 e. The molecule has 5 aliphatic heterocycles. The molecule has 9 heteroatoms. The van der Waals surface area contributed by atoms with Gasteiger partial charge in [-0.2, -0.15) is 0 Å². The van der Waals surface area contributed by atoms with Crippen LogP contribution in [0, 0.1) is 0 Å². The Kier molecular flexibility index (Phi) is 7.73. The summed E-state index contributed by atoms with van der Waals surface area (Å²) in [6.45, 7) is 4.06. The van der Waals surface area contributed by atoms with Crippen molar-refractivity contribution in [3.63, 3.8) is 0 Å². The lowest BCUT2D eigenvalue weighted by Gasteiger charge is -2.51. The van der Waals surface area contributed by atoms with Crippen LogP contribution >= 0.6 is 15.9 Å². The fourth-order valence-corrected chi connectivity index (χ4v) is 6.98. The van der Waals surface area contributed by atoms with Crippen molar-refractivity contribution in [3.8, 4) is 0 Å². The maximum absolute atomic E-state index is 12.7. The van der Waals surface area contributed by atoms with Gasteiger partial charge >= 0.3 is 5.97 Å². The van der Waals surface area contributed by atoms with Gasteiger partial charge in [-0.05, 0) is 48.7 Å². The predicted molar refractivity (Wildman–Crippen MR) is 136 cm³/mol. The Morgan fingerprint density at radius 2 is 1.65 bits per heavy atom. The van der Waals surface area contributed by atoms with Crippen LogP contribution in [0.1, 0.15) is 55.3 Å². The summed E-state index contributed by atoms with van der Waals surface area (Å²) in [5.74, 6) is -0.342. The quantitative estimate of drug-likeness (QED) is 0.444. The molecule has 1 aromatic carbocycles. The zero-order valence-electron chi connectivity index (χ0n) is 20.8. The van der Waals surface area contributed by atoms with Crippen LogP contribution in [-0.2, 0) is 28.4 Å². The number of hydrogen-bond acceptors (Lipinski definition) is 8. The zero-order valence-corrected chi connectivity index (χ0v) is 22.4. The van der Waals surface area contributed by atoms with Gasteiger partial charge in [0.05, 0.1) is 36.1 Å². The van der Waals surface area contributed by atoms with Crippen LogP contribution in [0.4, 0.5) is 0 Å². The molecule has 0 aliphatic carbocycles. The Labute approximate surface area is 225 Å². The van der Waals surface area contributed by atoms with E-state index >= 15 is 0 Å². The molecule has 5 heterocycles. The van der Waals surface area contributed by atoms with Crippen molar-refractivity contribution in [2.24, 2.45) is 0 Å². The van der Waals surface area contributed by atoms with Gasteiger partial charge in [0, 0.05) is 19.4 Å². The maximum atomic E-state index is 12.7. The molecule has 0 saturated carbocycles. The molecule has 0 spiro atoms. The molecule has 5 aliphatic rings. The average Bonchev–Trinajstić information content (AvgIpc) is 3.14. The first kappa shape index (κ1) is 25.9. The molecule has 5 fully saturated rings. The summed E-state index contributed by atoms with van der Waals surface area (Å²) in [5.41, 5.74) is 0.528. The Bertz CT molecular complexity index is 974. The van der Waals surface area contributed by atoms with Crippen LogP contribution in [0.3, 0.4) is 0 Å². The normalized spacial score (nSPS) is 40.5. The molecule has 0 aromatic heterocycles. The summed E-state index contributed by atoms with van der Waals surface area (Å²) in [6.07, 6.45) is 3.29. The van der Waals surface area contributed by atoms with E-state index in [0.29, 0.717) is 31.2 Å². The number of halogens is 1. The summed E-state index contributed by atoms with van der Waals surface area (Å²) >= 11 is 3.43. The molecule has 5 saturated heterocycles. The highest BCUT2D eigenvalue weighted by atomic mass is 79.9. The monoisotopic (exact) mass is 578 g/mol. The predicted octanol–water partition coefficient (Wildman–Crippen LogP) is 3.68. The second-order valence-corrected chi connectivity index (χ2v) is 11.9. The first-order chi connectivity index (χ1) is 18.0. The molecule has 0 amide bonds. The van der Waals surface area contributed by atoms with Gasteiger partial charge in [0.2, 0.25) is 0 Å². The molecule has 6 rings (SSSR count). The Balaban J connectivity index is 1.14. The molecule has 37 heavy (non-hydrogen) atoms. The van der Waals surface area contributed by atoms with Gasteiger partial charge in [0.25, 0.3) is 0 Å². The smallest absolute Gasteiger partial charge is 0.338 e. The lowest BCUT2D eigenvalue weighted by molar-refractivity contribution is -0.301. The number of carbonyl (C=O) groups excluding carboxylic acids is 1. The number of benzene rings is 1. The van der Waals surface area contributed by atoms with Gasteiger partial charge in [0.15, 0.2) is 0 Å². The number of fused-ring (bicyclic) bond motifs is 4. The number of aliphatic hydroxyl groups excluding tert-OH is 1. The van der Waals surface area contributed by atoms with Crippen LogP contribution in [0.25, 0.3) is 0 Å². The number of hydrogen-bond donors (Lipinski definition) is 1. The summed E-state index contributed by atoms with van der Waals surface area (Å²) in [7, 11) is 0. The Hall–Kier alpha value is -1.33. The molecule has 11 atom stereocenters. The summed E-state index contributed by atoms with van der Waals surface area (Å²) in [5, 5.41) is 9.42.